The molecule has 1 heterocycles. The molecule has 0 atom stereocenters. The van der Waals surface area contributed by atoms with Crippen molar-refractivity contribution < 1.29 is 18.3 Å². The molecule has 4 aromatic rings. The highest BCUT2D eigenvalue weighted by atomic mass is 28.4. The number of rotatable bonds is 6. The van der Waals surface area contributed by atoms with Gasteiger partial charge in [0.05, 0.1) is 25.3 Å². The van der Waals surface area contributed by atoms with E-state index in [1.54, 1.807) is 26.4 Å². The Morgan fingerprint density at radius 3 is 2.09 bits per heavy atom. The molecule has 0 spiro atoms. The van der Waals surface area contributed by atoms with Crippen molar-refractivity contribution >= 4 is 30.1 Å². The van der Waals surface area contributed by atoms with Crippen molar-refractivity contribution in [3.05, 3.63) is 76.2 Å². The van der Waals surface area contributed by atoms with Gasteiger partial charge >= 0.3 is 0 Å². The van der Waals surface area contributed by atoms with Gasteiger partial charge < -0.3 is 18.5 Å². The van der Waals surface area contributed by atoms with E-state index in [0.29, 0.717) is 40.1 Å². The second kappa shape index (κ2) is 9.04. The van der Waals surface area contributed by atoms with Crippen LogP contribution in [-0.4, -0.2) is 27.1 Å². The second-order valence-corrected chi connectivity index (χ2v) is 15.0. The Morgan fingerprint density at radius 2 is 1.49 bits per heavy atom. The zero-order chi connectivity index (χ0) is 25.5. The van der Waals surface area contributed by atoms with Crippen molar-refractivity contribution in [3.8, 4) is 17.2 Å². The molecule has 0 N–H and O–H groups in total. The first-order valence-electron chi connectivity index (χ1n) is 11.6. The normalized spacial score (nSPS) is 12.2. The van der Waals surface area contributed by atoms with Crippen molar-refractivity contribution in [3.63, 3.8) is 0 Å². The van der Waals surface area contributed by atoms with Crippen molar-refractivity contribution in [2.24, 2.45) is 0 Å². The van der Waals surface area contributed by atoms with Gasteiger partial charge in [0.25, 0.3) is 8.32 Å². The Kier molecular flexibility index (Phi) is 6.40. The maximum Gasteiger partial charge on any atom is 0.250 e. The Balaban J connectivity index is 1.90. The molecule has 0 aliphatic carbocycles. The van der Waals surface area contributed by atoms with Gasteiger partial charge in [0.2, 0.25) is 0 Å². The van der Waals surface area contributed by atoms with Crippen LogP contribution in [0.5, 0.6) is 17.2 Å². The van der Waals surface area contributed by atoms with E-state index in [4.69, 9.17) is 13.9 Å². The Morgan fingerprint density at radius 1 is 0.886 bits per heavy atom. The smallest absolute Gasteiger partial charge is 0.250 e. The minimum atomic E-state index is -2.16. The van der Waals surface area contributed by atoms with Crippen LogP contribution >= 0.6 is 0 Å². The predicted octanol–water partition coefficient (Wildman–Crippen LogP) is 6.74. The van der Waals surface area contributed by atoms with Crippen molar-refractivity contribution in [1.29, 1.82) is 0 Å². The summed E-state index contributed by atoms with van der Waals surface area (Å²) in [5.74, 6) is 1.34. The van der Waals surface area contributed by atoms with E-state index in [2.05, 4.69) is 33.9 Å². The SMILES string of the molecule is COc1cc(Cn2c3ccccc3c(=O)c3ccc(F)cc32)cc(OC)c1O[Si](C)(C)C(C)(C)C. The molecule has 5 nitrogen and oxygen atoms in total. The number of ether oxygens (including phenoxy) is 2. The highest BCUT2D eigenvalue weighted by Crippen LogP contribution is 2.45. The van der Waals surface area contributed by atoms with E-state index in [9.17, 15) is 9.18 Å². The van der Waals surface area contributed by atoms with Gasteiger partial charge in [-0.2, -0.15) is 0 Å². The zero-order valence-electron chi connectivity index (χ0n) is 21.4. The van der Waals surface area contributed by atoms with Gasteiger partial charge in [-0.15, -0.1) is 0 Å². The van der Waals surface area contributed by atoms with E-state index < -0.39 is 14.1 Å². The van der Waals surface area contributed by atoms with Crippen LogP contribution in [0.25, 0.3) is 21.8 Å². The number of methoxy groups -OCH3 is 2. The molecular formula is C28H32FNO4Si. The summed E-state index contributed by atoms with van der Waals surface area (Å²) in [5.41, 5.74) is 2.03. The molecule has 0 aliphatic rings. The van der Waals surface area contributed by atoms with Crippen LogP contribution in [0.1, 0.15) is 26.3 Å². The van der Waals surface area contributed by atoms with Crippen LogP contribution in [0.2, 0.25) is 18.1 Å². The number of pyridine rings is 1. The summed E-state index contributed by atoms with van der Waals surface area (Å²) in [4.78, 5) is 13.1. The molecule has 0 saturated carbocycles. The zero-order valence-corrected chi connectivity index (χ0v) is 22.4. The molecule has 35 heavy (non-hydrogen) atoms. The number of para-hydroxylation sites is 1. The molecule has 1 aromatic heterocycles. The van der Waals surface area contributed by atoms with Crippen molar-refractivity contribution in [1.82, 2.24) is 4.57 Å². The lowest BCUT2D eigenvalue weighted by Gasteiger charge is -2.37. The van der Waals surface area contributed by atoms with Gasteiger partial charge in [0.15, 0.2) is 22.7 Å². The molecule has 0 saturated heterocycles. The third-order valence-electron chi connectivity index (χ3n) is 6.96. The number of benzene rings is 3. The highest BCUT2D eigenvalue weighted by molar-refractivity contribution is 6.74. The average Bonchev–Trinajstić information content (AvgIpc) is 2.81. The van der Waals surface area contributed by atoms with Crippen LogP contribution < -0.4 is 19.3 Å². The van der Waals surface area contributed by atoms with E-state index >= 15 is 0 Å². The highest BCUT2D eigenvalue weighted by Gasteiger charge is 2.40. The number of hydrogen-bond acceptors (Lipinski definition) is 4. The van der Waals surface area contributed by atoms with Crippen molar-refractivity contribution in [2.45, 2.75) is 45.4 Å². The topological polar surface area (TPSA) is 49.7 Å². The molecule has 0 unspecified atom stereocenters. The first-order valence-corrected chi connectivity index (χ1v) is 14.5. The fourth-order valence-corrected chi connectivity index (χ4v) is 5.00. The number of hydrogen-bond donors (Lipinski definition) is 0. The maximum atomic E-state index is 14.3. The van der Waals surface area contributed by atoms with E-state index in [1.807, 2.05) is 34.9 Å². The number of aromatic nitrogens is 1. The second-order valence-electron chi connectivity index (χ2n) is 10.3. The fraction of sp³-hybridized carbons (Fsp3) is 0.321. The fourth-order valence-electron chi connectivity index (χ4n) is 3.98. The van der Waals surface area contributed by atoms with E-state index in [1.165, 1.54) is 12.1 Å². The molecule has 0 aliphatic heterocycles. The van der Waals surface area contributed by atoms with Crippen LogP contribution in [0.15, 0.2) is 59.4 Å². The van der Waals surface area contributed by atoms with E-state index in [-0.39, 0.29) is 10.5 Å². The number of nitrogens with zero attached hydrogens (tertiary/aromatic N) is 1. The summed E-state index contributed by atoms with van der Waals surface area (Å²) in [7, 11) is 1.06. The van der Waals surface area contributed by atoms with Crippen molar-refractivity contribution in [2.75, 3.05) is 14.2 Å². The molecule has 184 valence electrons. The summed E-state index contributed by atoms with van der Waals surface area (Å²) >= 11 is 0. The quantitative estimate of drug-likeness (QED) is 0.220. The lowest BCUT2D eigenvalue weighted by Crippen LogP contribution is -2.44. The Bertz CT molecular complexity index is 1450. The Labute approximate surface area is 206 Å². The van der Waals surface area contributed by atoms with E-state index in [0.717, 1.165) is 11.1 Å². The summed E-state index contributed by atoms with van der Waals surface area (Å²) in [6.07, 6.45) is 0. The first-order chi connectivity index (χ1) is 16.5. The van der Waals surface area contributed by atoms with Gasteiger partial charge in [-0.05, 0) is 66.2 Å². The minimum absolute atomic E-state index is 0.000470. The monoisotopic (exact) mass is 493 g/mol. The predicted molar refractivity (Wildman–Crippen MR) is 142 cm³/mol. The van der Waals surface area contributed by atoms with Gasteiger partial charge in [-0.25, -0.2) is 4.39 Å². The Hall–Kier alpha value is -3.32. The molecule has 3 aromatic carbocycles. The lowest BCUT2D eigenvalue weighted by molar-refractivity contribution is 0.353. The summed E-state index contributed by atoms with van der Waals surface area (Å²) < 4.78 is 34.3. The number of halogens is 1. The van der Waals surface area contributed by atoms with Gasteiger partial charge in [-0.3, -0.25) is 4.79 Å². The molecule has 0 bridgehead atoms. The number of fused-ring (bicyclic) bond motifs is 2. The molecule has 0 amide bonds. The summed E-state index contributed by atoms with van der Waals surface area (Å²) in [5, 5.41) is 1.06. The molecule has 7 heteroatoms. The first kappa shape index (κ1) is 24.8. The minimum Gasteiger partial charge on any atom is -0.539 e. The molecule has 0 fully saturated rings. The van der Waals surface area contributed by atoms with Gasteiger partial charge in [0, 0.05) is 17.3 Å². The third kappa shape index (κ3) is 4.52. The summed E-state index contributed by atoms with van der Waals surface area (Å²) in [6, 6.07) is 15.5. The van der Waals surface area contributed by atoms with Crippen LogP contribution in [-0.2, 0) is 6.54 Å². The average molecular weight is 494 g/mol. The third-order valence-corrected chi connectivity index (χ3v) is 11.3. The summed E-state index contributed by atoms with van der Waals surface area (Å²) in [6.45, 7) is 11.3. The maximum absolute atomic E-state index is 14.3. The van der Waals surface area contributed by atoms with Crippen LogP contribution in [0, 0.1) is 5.82 Å². The largest absolute Gasteiger partial charge is 0.539 e. The molecular weight excluding hydrogens is 461 g/mol. The molecule has 4 rings (SSSR count). The van der Waals surface area contributed by atoms with Crippen LogP contribution in [0.4, 0.5) is 4.39 Å². The molecule has 0 radical (unpaired) electrons. The van der Waals surface area contributed by atoms with Crippen LogP contribution in [0.3, 0.4) is 0 Å². The van der Waals surface area contributed by atoms with Gasteiger partial charge in [0.1, 0.15) is 5.82 Å². The lowest BCUT2D eigenvalue weighted by atomic mass is 10.1. The van der Waals surface area contributed by atoms with Gasteiger partial charge in [-0.1, -0.05) is 32.9 Å². The standard InChI is InChI=1S/C28H32FNO4Si/c1-28(2,3)35(6,7)34-27-24(32-4)14-18(15-25(27)33-5)17-30-22-11-9-8-10-20(22)26(31)21-13-12-19(29)16-23(21)30/h8-16H,17H2,1-7H3.